The van der Waals surface area contributed by atoms with Crippen LogP contribution in [0, 0.1) is 0 Å². The molecule has 2 rings (SSSR count). The van der Waals surface area contributed by atoms with Gasteiger partial charge in [-0.15, -0.1) is 6.58 Å². The Balaban J connectivity index is 1.91. The number of hydrogen-bond donors (Lipinski definition) is 1. The summed E-state index contributed by atoms with van der Waals surface area (Å²) in [4.78, 5) is 23.3. The van der Waals surface area contributed by atoms with Gasteiger partial charge in [-0.1, -0.05) is 6.08 Å². The van der Waals surface area contributed by atoms with E-state index >= 15 is 0 Å². The summed E-state index contributed by atoms with van der Waals surface area (Å²) in [6.45, 7) is 3.55. The van der Waals surface area contributed by atoms with Gasteiger partial charge in [0.25, 0.3) is 5.91 Å². The maximum atomic E-state index is 11.9. The van der Waals surface area contributed by atoms with Crippen LogP contribution in [0.4, 0.5) is 5.69 Å². The van der Waals surface area contributed by atoms with E-state index in [1.165, 1.54) is 11.3 Å². The number of carbonyl (C=O) groups excluding carboxylic acids is 2. The Labute approximate surface area is 127 Å². The Bertz CT molecular complexity index is 617. The van der Waals surface area contributed by atoms with Gasteiger partial charge in [-0.25, -0.2) is 0 Å². The van der Waals surface area contributed by atoms with Crippen LogP contribution in [0.3, 0.4) is 0 Å². The third-order valence-corrected chi connectivity index (χ3v) is 3.36. The number of rotatable bonds is 6. The predicted octanol–water partition coefficient (Wildman–Crippen LogP) is 3.87. The highest BCUT2D eigenvalue weighted by molar-refractivity contribution is 7.08. The molecule has 0 atom stereocenters. The van der Waals surface area contributed by atoms with Crippen LogP contribution in [0.15, 0.2) is 53.7 Å². The molecule has 0 saturated carbocycles. The summed E-state index contributed by atoms with van der Waals surface area (Å²) in [5.74, 6) is -0.00506. The minimum atomic E-state index is -0.301. The lowest BCUT2D eigenvalue weighted by atomic mass is 10.2. The Kier molecular flexibility index (Phi) is 5.29. The Morgan fingerprint density at radius 3 is 2.62 bits per heavy atom. The number of thiophene rings is 1. The zero-order valence-electron chi connectivity index (χ0n) is 11.4. The van der Waals surface area contributed by atoms with Gasteiger partial charge in [0.1, 0.15) is 5.75 Å². The number of carbonyl (C=O) groups is 2. The molecule has 1 N–H and O–H groups in total. The molecule has 0 bridgehead atoms. The first-order chi connectivity index (χ1) is 10.2. The van der Waals surface area contributed by atoms with Crippen molar-refractivity contribution in [2.45, 2.75) is 12.8 Å². The van der Waals surface area contributed by atoms with E-state index in [4.69, 9.17) is 4.74 Å². The number of anilines is 1. The lowest BCUT2D eigenvalue weighted by Gasteiger charge is -2.06. The number of nitrogens with one attached hydrogen (secondary N) is 1. The monoisotopic (exact) mass is 301 g/mol. The van der Waals surface area contributed by atoms with Gasteiger partial charge in [0.2, 0.25) is 0 Å². The second-order valence-electron chi connectivity index (χ2n) is 4.29. The lowest BCUT2D eigenvalue weighted by Crippen LogP contribution is -2.11. The molecule has 0 fully saturated rings. The average Bonchev–Trinajstić information content (AvgIpc) is 3.01. The third-order valence-electron chi connectivity index (χ3n) is 2.68. The molecule has 1 aromatic heterocycles. The summed E-state index contributed by atoms with van der Waals surface area (Å²) in [5, 5.41) is 6.40. The lowest BCUT2D eigenvalue weighted by molar-refractivity contribution is -0.134. The molecule has 0 unspecified atom stereocenters. The standard InChI is InChI=1S/C16H15NO3S/c1-2-3-4-15(18)20-14-7-5-13(6-8-14)17-16(19)12-9-10-21-11-12/h2,5-11H,1,3-4H2,(H,17,19). The van der Waals surface area contributed by atoms with Gasteiger partial charge in [-0.3, -0.25) is 9.59 Å². The van der Waals surface area contributed by atoms with E-state index < -0.39 is 0 Å². The van der Waals surface area contributed by atoms with Gasteiger partial charge in [-0.2, -0.15) is 11.3 Å². The van der Waals surface area contributed by atoms with Crippen LogP contribution < -0.4 is 10.1 Å². The molecule has 0 aliphatic carbocycles. The molecule has 1 aromatic carbocycles. The van der Waals surface area contributed by atoms with Gasteiger partial charge < -0.3 is 10.1 Å². The van der Waals surface area contributed by atoms with Crippen molar-refractivity contribution in [1.29, 1.82) is 0 Å². The fourth-order valence-electron chi connectivity index (χ4n) is 1.61. The van der Waals surface area contributed by atoms with Crippen LogP contribution in [-0.4, -0.2) is 11.9 Å². The third kappa shape index (κ3) is 4.57. The zero-order chi connectivity index (χ0) is 15.1. The number of esters is 1. The minimum Gasteiger partial charge on any atom is -0.427 e. The van der Waals surface area contributed by atoms with Crippen molar-refractivity contribution in [3.63, 3.8) is 0 Å². The van der Waals surface area contributed by atoms with E-state index in [1.54, 1.807) is 41.8 Å². The summed E-state index contributed by atoms with van der Waals surface area (Å²) < 4.78 is 5.15. The molecular weight excluding hydrogens is 286 g/mol. The van der Waals surface area contributed by atoms with Gasteiger partial charge in [0, 0.05) is 17.5 Å². The summed E-state index contributed by atoms with van der Waals surface area (Å²) in [6, 6.07) is 8.45. The summed E-state index contributed by atoms with van der Waals surface area (Å²) >= 11 is 1.47. The van der Waals surface area contributed by atoms with E-state index in [9.17, 15) is 9.59 Å². The summed E-state index contributed by atoms with van der Waals surface area (Å²) in [6.07, 6.45) is 2.57. The number of benzene rings is 1. The van der Waals surface area contributed by atoms with Crippen LogP contribution in [0.5, 0.6) is 5.75 Å². The van der Waals surface area contributed by atoms with Crippen molar-refractivity contribution in [3.05, 3.63) is 59.3 Å². The van der Waals surface area contributed by atoms with Crippen molar-refractivity contribution in [2.75, 3.05) is 5.32 Å². The SMILES string of the molecule is C=CCCC(=O)Oc1ccc(NC(=O)c2ccsc2)cc1. The van der Waals surface area contributed by atoms with E-state index in [1.807, 2.05) is 5.38 Å². The van der Waals surface area contributed by atoms with E-state index in [-0.39, 0.29) is 11.9 Å². The Morgan fingerprint density at radius 1 is 1.24 bits per heavy atom. The first kappa shape index (κ1) is 15.0. The van der Waals surface area contributed by atoms with Gasteiger partial charge in [0.15, 0.2) is 0 Å². The van der Waals surface area contributed by atoms with Crippen LogP contribution >= 0.6 is 11.3 Å². The average molecular weight is 301 g/mol. The first-order valence-corrected chi connectivity index (χ1v) is 7.38. The number of allylic oxidation sites excluding steroid dienone is 1. The Hall–Kier alpha value is -2.40. The molecule has 4 nitrogen and oxygen atoms in total. The topological polar surface area (TPSA) is 55.4 Å². The smallest absolute Gasteiger partial charge is 0.311 e. The van der Waals surface area contributed by atoms with Crippen molar-refractivity contribution in [1.82, 2.24) is 0 Å². The van der Waals surface area contributed by atoms with Crippen molar-refractivity contribution in [3.8, 4) is 5.75 Å². The summed E-state index contributed by atoms with van der Waals surface area (Å²) in [5.41, 5.74) is 1.28. The highest BCUT2D eigenvalue weighted by Crippen LogP contribution is 2.17. The van der Waals surface area contributed by atoms with Crippen molar-refractivity contribution < 1.29 is 14.3 Å². The van der Waals surface area contributed by atoms with Crippen LogP contribution in [0.2, 0.25) is 0 Å². The molecule has 2 aromatic rings. The second kappa shape index (κ2) is 7.40. The molecule has 0 radical (unpaired) electrons. The van der Waals surface area contributed by atoms with E-state index in [2.05, 4.69) is 11.9 Å². The quantitative estimate of drug-likeness (QED) is 0.500. The minimum absolute atomic E-state index is 0.160. The molecule has 108 valence electrons. The molecular formula is C16H15NO3S. The van der Waals surface area contributed by atoms with Crippen LogP contribution in [0.1, 0.15) is 23.2 Å². The fraction of sp³-hybridized carbons (Fsp3) is 0.125. The van der Waals surface area contributed by atoms with Crippen LogP contribution in [-0.2, 0) is 4.79 Å². The highest BCUT2D eigenvalue weighted by Gasteiger charge is 2.07. The summed E-state index contributed by atoms with van der Waals surface area (Å²) in [7, 11) is 0. The first-order valence-electron chi connectivity index (χ1n) is 6.44. The van der Waals surface area contributed by atoms with Crippen molar-refractivity contribution >= 4 is 28.9 Å². The Morgan fingerprint density at radius 2 is 2.00 bits per heavy atom. The molecule has 0 saturated heterocycles. The maximum absolute atomic E-state index is 11.9. The molecule has 21 heavy (non-hydrogen) atoms. The molecule has 0 aliphatic rings. The molecule has 0 aliphatic heterocycles. The number of hydrogen-bond acceptors (Lipinski definition) is 4. The van der Waals surface area contributed by atoms with Gasteiger partial charge >= 0.3 is 5.97 Å². The molecule has 5 heteroatoms. The molecule has 1 heterocycles. The largest absolute Gasteiger partial charge is 0.427 e. The fourth-order valence-corrected chi connectivity index (χ4v) is 2.24. The van der Waals surface area contributed by atoms with E-state index in [0.717, 1.165) is 0 Å². The zero-order valence-corrected chi connectivity index (χ0v) is 12.2. The normalized spacial score (nSPS) is 9.90. The maximum Gasteiger partial charge on any atom is 0.311 e. The number of amides is 1. The van der Waals surface area contributed by atoms with Gasteiger partial charge in [-0.05, 0) is 42.1 Å². The molecule has 0 spiro atoms. The highest BCUT2D eigenvalue weighted by atomic mass is 32.1. The van der Waals surface area contributed by atoms with Crippen molar-refractivity contribution in [2.24, 2.45) is 0 Å². The van der Waals surface area contributed by atoms with E-state index in [0.29, 0.717) is 29.8 Å². The van der Waals surface area contributed by atoms with Crippen LogP contribution in [0.25, 0.3) is 0 Å². The van der Waals surface area contributed by atoms with Gasteiger partial charge in [0.05, 0.1) is 5.56 Å². The predicted molar refractivity (Wildman–Crippen MR) is 83.8 cm³/mol. The second-order valence-corrected chi connectivity index (χ2v) is 5.07. The molecule has 1 amide bonds. The number of ether oxygens (including phenoxy) is 1.